The first-order chi connectivity index (χ1) is 14.2. The van der Waals surface area contributed by atoms with Crippen LogP contribution >= 0.6 is 11.7 Å². The van der Waals surface area contributed by atoms with Crippen LogP contribution in [0, 0.1) is 6.92 Å². The lowest BCUT2D eigenvalue weighted by molar-refractivity contribution is 0.128. The Balaban J connectivity index is 1.68. The van der Waals surface area contributed by atoms with E-state index in [1.165, 1.54) is 31.0 Å². The average Bonchev–Trinajstić information content (AvgIpc) is 3.16. The Morgan fingerprint density at radius 1 is 1.07 bits per heavy atom. The van der Waals surface area contributed by atoms with Crippen molar-refractivity contribution in [2.75, 3.05) is 5.73 Å². The first-order valence-corrected chi connectivity index (χ1v) is 10.7. The van der Waals surface area contributed by atoms with Crippen molar-refractivity contribution in [1.82, 2.24) is 13.7 Å². The summed E-state index contributed by atoms with van der Waals surface area (Å²) in [5.41, 5.74) is 11.1. The van der Waals surface area contributed by atoms with Gasteiger partial charge in [0.15, 0.2) is 6.61 Å². The van der Waals surface area contributed by atoms with E-state index in [2.05, 4.69) is 25.8 Å². The van der Waals surface area contributed by atoms with Crippen LogP contribution in [0.3, 0.4) is 0 Å². The molecule has 0 saturated heterocycles. The first-order valence-electron chi connectivity index (χ1n) is 9.98. The summed E-state index contributed by atoms with van der Waals surface area (Å²) in [5, 5.41) is 4.35. The highest BCUT2D eigenvalue weighted by molar-refractivity contribution is 6.99. The second-order valence-corrected chi connectivity index (χ2v) is 7.46. The molecule has 3 aromatic rings. The van der Waals surface area contributed by atoms with Crippen molar-refractivity contribution in [2.45, 2.75) is 52.6 Å². The average molecular weight is 410 g/mol. The molecule has 0 saturated carbocycles. The van der Waals surface area contributed by atoms with E-state index in [4.69, 9.17) is 10.6 Å². The molecule has 2 heterocycles. The summed E-state index contributed by atoms with van der Waals surface area (Å²) in [6, 6.07) is 13.8. The Morgan fingerprint density at radius 3 is 2.59 bits per heavy atom. The number of nitrogens with zero attached hydrogens (tertiary/aromatic N) is 4. The molecule has 0 spiro atoms. The van der Waals surface area contributed by atoms with Crippen LogP contribution in [0.15, 0.2) is 47.6 Å². The number of nitrogens with two attached hydrogens (primary N) is 1. The van der Waals surface area contributed by atoms with Crippen molar-refractivity contribution in [1.29, 1.82) is 0 Å². The topological polar surface area (TPSA) is 86.3 Å². The zero-order valence-electron chi connectivity index (χ0n) is 17.0. The van der Waals surface area contributed by atoms with E-state index in [1.54, 1.807) is 0 Å². The molecule has 7 heteroatoms. The van der Waals surface area contributed by atoms with E-state index in [1.807, 2.05) is 49.4 Å². The lowest BCUT2D eigenvalue weighted by Gasteiger charge is -2.08. The molecule has 3 rings (SSSR count). The maximum absolute atomic E-state index is 6.14. The minimum absolute atomic E-state index is 0.243. The summed E-state index contributed by atoms with van der Waals surface area (Å²) in [5.74, 6) is 0.578. The molecule has 0 atom stereocenters. The third-order valence-corrected chi connectivity index (χ3v) is 5.28. The number of rotatable bonds is 10. The van der Waals surface area contributed by atoms with Crippen molar-refractivity contribution in [3.8, 4) is 0 Å². The van der Waals surface area contributed by atoms with Crippen molar-refractivity contribution in [3.05, 3.63) is 70.7 Å². The van der Waals surface area contributed by atoms with Crippen molar-refractivity contribution in [3.63, 3.8) is 0 Å². The Morgan fingerprint density at radius 2 is 1.90 bits per heavy atom. The van der Waals surface area contributed by atoms with E-state index < -0.39 is 0 Å². The van der Waals surface area contributed by atoms with E-state index >= 15 is 0 Å². The third kappa shape index (κ3) is 5.84. The molecule has 0 unspecified atom stereocenters. The number of aryl methyl sites for hydroxylation is 2. The summed E-state index contributed by atoms with van der Waals surface area (Å²) in [4.78, 5) is 10.1. The predicted molar refractivity (Wildman–Crippen MR) is 118 cm³/mol. The van der Waals surface area contributed by atoms with Gasteiger partial charge in [0.05, 0.1) is 23.1 Å². The van der Waals surface area contributed by atoms with Crippen LogP contribution in [-0.2, 0) is 17.9 Å². The second-order valence-electron chi connectivity index (χ2n) is 6.94. The van der Waals surface area contributed by atoms with Crippen LogP contribution in [-0.4, -0.2) is 19.4 Å². The van der Waals surface area contributed by atoms with E-state index in [0.717, 1.165) is 41.1 Å². The molecule has 0 amide bonds. The highest BCUT2D eigenvalue weighted by Gasteiger charge is 2.15. The van der Waals surface area contributed by atoms with Gasteiger partial charge in [-0.15, -0.1) is 0 Å². The lowest BCUT2D eigenvalue weighted by Crippen LogP contribution is -2.07. The van der Waals surface area contributed by atoms with Gasteiger partial charge in [0, 0.05) is 5.56 Å². The van der Waals surface area contributed by atoms with Gasteiger partial charge < -0.3 is 10.6 Å². The molecular formula is C22H27N5OS. The normalized spacial score (nSPS) is 11.6. The van der Waals surface area contributed by atoms with Crippen LogP contribution in [0.5, 0.6) is 0 Å². The summed E-state index contributed by atoms with van der Waals surface area (Å²) in [6.45, 7) is 4.37. The van der Waals surface area contributed by atoms with Crippen LogP contribution in [0.2, 0.25) is 0 Å². The van der Waals surface area contributed by atoms with Gasteiger partial charge in [-0.3, -0.25) is 0 Å². The van der Waals surface area contributed by atoms with Crippen LogP contribution in [0.1, 0.15) is 60.8 Å². The van der Waals surface area contributed by atoms with E-state index in [9.17, 15) is 0 Å². The molecule has 1 aromatic carbocycles. The fourth-order valence-corrected chi connectivity index (χ4v) is 3.57. The SMILES string of the molecule is CCCCCCc1ccc(CON=C(c2ccccc2)c2nsnc2C)nc1N. The van der Waals surface area contributed by atoms with E-state index in [0.29, 0.717) is 11.5 Å². The number of hydrogen-bond acceptors (Lipinski definition) is 7. The number of nitrogen functional groups attached to an aromatic ring is 1. The maximum atomic E-state index is 6.14. The second kappa shape index (κ2) is 10.7. The number of anilines is 1. The molecule has 2 aromatic heterocycles. The number of oxime groups is 1. The van der Waals surface area contributed by atoms with Gasteiger partial charge in [-0.2, -0.15) is 8.75 Å². The molecule has 0 fully saturated rings. The molecular weight excluding hydrogens is 382 g/mol. The molecule has 0 bridgehead atoms. The van der Waals surface area contributed by atoms with Gasteiger partial charge in [-0.05, 0) is 31.4 Å². The summed E-state index contributed by atoms with van der Waals surface area (Å²) in [7, 11) is 0. The zero-order valence-corrected chi connectivity index (χ0v) is 17.8. The predicted octanol–water partition coefficient (Wildman–Crippen LogP) is 4.92. The van der Waals surface area contributed by atoms with E-state index in [-0.39, 0.29) is 6.61 Å². The highest BCUT2D eigenvalue weighted by Crippen LogP contribution is 2.16. The molecule has 0 aliphatic rings. The minimum Gasteiger partial charge on any atom is -0.389 e. The fraction of sp³-hybridized carbons (Fsp3) is 0.364. The third-order valence-electron chi connectivity index (χ3n) is 4.66. The molecule has 0 radical (unpaired) electrons. The molecule has 152 valence electrons. The van der Waals surface area contributed by atoms with Crippen LogP contribution in [0.25, 0.3) is 0 Å². The number of aromatic nitrogens is 3. The quantitative estimate of drug-likeness (QED) is 0.292. The van der Waals surface area contributed by atoms with Crippen molar-refractivity contribution in [2.24, 2.45) is 5.16 Å². The molecule has 6 nitrogen and oxygen atoms in total. The van der Waals surface area contributed by atoms with Gasteiger partial charge in [0.1, 0.15) is 17.2 Å². The summed E-state index contributed by atoms with van der Waals surface area (Å²) >= 11 is 1.17. The Labute approximate surface area is 176 Å². The fourth-order valence-electron chi connectivity index (χ4n) is 3.02. The first kappa shape index (κ1) is 20.9. The zero-order chi connectivity index (χ0) is 20.5. The van der Waals surface area contributed by atoms with Gasteiger partial charge in [0.25, 0.3) is 0 Å². The van der Waals surface area contributed by atoms with Crippen LogP contribution in [0.4, 0.5) is 5.82 Å². The summed E-state index contributed by atoms with van der Waals surface area (Å²) in [6.07, 6.45) is 5.82. The Bertz CT molecular complexity index is 939. The van der Waals surface area contributed by atoms with Gasteiger partial charge >= 0.3 is 0 Å². The number of hydrogen-bond donors (Lipinski definition) is 1. The van der Waals surface area contributed by atoms with Crippen molar-refractivity contribution >= 4 is 23.3 Å². The largest absolute Gasteiger partial charge is 0.389 e. The molecule has 29 heavy (non-hydrogen) atoms. The lowest BCUT2D eigenvalue weighted by atomic mass is 10.1. The van der Waals surface area contributed by atoms with Gasteiger partial charge in [-0.1, -0.05) is 67.7 Å². The van der Waals surface area contributed by atoms with Gasteiger partial charge in [0.2, 0.25) is 0 Å². The number of benzene rings is 1. The monoisotopic (exact) mass is 409 g/mol. The summed E-state index contributed by atoms with van der Waals surface area (Å²) < 4.78 is 8.62. The number of pyridine rings is 1. The van der Waals surface area contributed by atoms with Crippen molar-refractivity contribution < 1.29 is 4.84 Å². The smallest absolute Gasteiger partial charge is 0.159 e. The highest BCUT2D eigenvalue weighted by atomic mass is 32.1. The Hall–Kier alpha value is -2.80. The molecule has 0 aliphatic heterocycles. The standard InChI is InChI=1S/C22H27N5OS/c1-3-4-5-7-12-18-13-14-19(24-22(18)23)15-28-25-21(17-10-8-6-9-11-17)20-16(2)26-29-27-20/h6,8-11,13-14H,3-5,7,12,15H2,1-2H3,(H2,23,24). The van der Waals surface area contributed by atoms with Crippen LogP contribution < -0.4 is 5.73 Å². The van der Waals surface area contributed by atoms with Gasteiger partial charge in [-0.25, -0.2) is 4.98 Å². The number of unbranched alkanes of at least 4 members (excludes halogenated alkanes) is 3. The Kier molecular flexibility index (Phi) is 7.69. The molecule has 0 aliphatic carbocycles. The molecule has 2 N–H and O–H groups in total. The maximum Gasteiger partial charge on any atom is 0.159 e. The minimum atomic E-state index is 0.243.